The van der Waals surface area contributed by atoms with Crippen LogP contribution >= 0.6 is 11.6 Å². The van der Waals surface area contributed by atoms with E-state index in [1.807, 2.05) is 0 Å². The third-order valence-corrected chi connectivity index (χ3v) is 4.93. The van der Waals surface area contributed by atoms with Crippen molar-refractivity contribution < 1.29 is 28.6 Å². The molecule has 2 aromatic carbocycles. The Kier molecular flexibility index (Phi) is 6.20. The van der Waals surface area contributed by atoms with Crippen LogP contribution in [-0.4, -0.2) is 49.1 Å². The van der Waals surface area contributed by atoms with Crippen molar-refractivity contribution in [3.05, 3.63) is 70.0 Å². The summed E-state index contributed by atoms with van der Waals surface area (Å²) in [6, 6.07) is 9.17. The maximum Gasteiger partial charge on any atom is 0.295 e. The number of amides is 1. The van der Waals surface area contributed by atoms with Gasteiger partial charge < -0.3 is 19.5 Å². The zero-order valence-electron chi connectivity index (χ0n) is 15.8. The minimum atomic E-state index is -1.12. The maximum absolute atomic E-state index is 14.6. The highest BCUT2D eigenvalue weighted by Gasteiger charge is 2.47. The lowest BCUT2D eigenvalue weighted by Gasteiger charge is -2.25. The van der Waals surface area contributed by atoms with Crippen LogP contribution in [0.1, 0.15) is 17.2 Å². The van der Waals surface area contributed by atoms with E-state index >= 15 is 0 Å². The van der Waals surface area contributed by atoms with E-state index in [2.05, 4.69) is 0 Å². The third kappa shape index (κ3) is 3.83. The summed E-state index contributed by atoms with van der Waals surface area (Å²) in [5, 5.41) is 11.3. The number of likely N-dealkylation sites (tertiary alicyclic amines) is 1. The van der Waals surface area contributed by atoms with Gasteiger partial charge in [-0.25, -0.2) is 4.39 Å². The highest BCUT2D eigenvalue weighted by molar-refractivity contribution is 6.46. The van der Waals surface area contributed by atoms with Crippen LogP contribution in [-0.2, 0) is 14.3 Å². The van der Waals surface area contributed by atoms with Gasteiger partial charge in [0.2, 0.25) is 0 Å². The number of aliphatic hydroxyl groups is 1. The molecule has 0 radical (unpaired) electrons. The fourth-order valence-corrected chi connectivity index (χ4v) is 3.50. The van der Waals surface area contributed by atoms with Crippen molar-refractivity contribution >= 4 is 29.1 Å². The van der Waals surface area contributed by atoms with E-state index < -0.39 is 29.3 Å². The molecule has 6 nitrogen and oxygen atoms in total. The number of benzene rings is 2. The summed E-state index contributed by atoms with van der Waals surface area (Å²) >= 11 is 6.04. The minimum Gasteiger partial charge on any atom is -0.507 e. The lowest BCUT2D eigenvalue weighted by Crippen LogP contribution is -2.33. The van der Waals surface area contributed by atoms with Crippen molar-refractivity contribution in [1.29, 1.82) is 0 Å². The van der Waals surface area contributed by atoms with Crippen molar-refractivity contribution in [3.63, 3.8) is 0 Å². The Balaban J connectivity index is 2.25. The topological polar surface area (TPSA) is 76.1 Å². The number of ether oxygens (including phenoxy) is 2. The highest BCUT2D eigenvalue weighted by atomic mass is 35.5. The minimum absolute atomic E-state index is 0.0452. The van der Waals surface area contributed by atoms with Gasteiger partial charge in [0.25, 0.3) is 11.7 Å². The molecule has 0 spiro atoms. The first kappa shape index (κ1) is 20.8. The average molecular weight is 420 g/mol. The van der Waals surface area contributed by atoms with E-state index in [9.17, 15) is 19.1 Å². The van der Waals surface area contributed by atoms with E-state index in [-0.39, 0.29) is 35.6 Å². The molecule has 1 heterocycles. The van der Waals surface area contributed by atoms with Crippen LogP contribution in [0.25, 0.3) is 5.76 Å². The van der Waals surface area contributed by atoms with Gasteiger partial charge in [-0.1, -0.05) is 29.8 Å². The second kappa shape index (κ2) is 8.63. The number of hydrogen-bond acceptors (Lipinski definition) is 5. The summed E-state index contributed by atoms with van der Waals surface area (Å²) in [4.78, 5) is 26.7. The van der Waals surface area contributed by atoms with Gasteiger partial charge in [-0.05, 0) is 24.3 Å². The van der Waals surface area contributed by atoms with Crippen molar-refractivity contribution in [2.45, 2.75) is 6.04 Å². The average Bonchev–Trinajstić information content (AvgIpc) is 2.96. The first-order valence-electron chi connectivity index (χ1n) is 8.76. The number of carbonyl (C=O) groups excluding carboxylic acids is 2. The van der Waals surface area contributed by atoms with Crippen LogP contribution in [0.15, 0.2) is 48.0 Å². The molecule has 152 valence electrons. The van der Waals surface area contributed by atoms with Crippen LogP contribution in [0.2, 0.25) is 5.02 Å². The third-order valence-electron chi connectivity index (χ3n) is 4.69. The zero-order valence-corrected chi connectivity index (χ0v) is 16.6. The molecule has 1 unspecified atom stereocenters. The molecule has 1 fully saturated rings. The van der Waals surface area contributed by atoms with Gasteiger partial charge in [0, 0.05) is 24.2 Å². The molecule has 0 aliphatic carbocycles. The fraction of sp³-hybridized carbons (Fsp3) is 0.238. The zero-order chi connectivity index (χ0) is 21.1. The monoisotopic (exact) mass is 419 g/mol. The molecule has 1 atom stereocenters. The smallest absolute Gasteiger partial charge is 0.295 e. The molecular formula is C21H19ClFNO5. The predicted octanol–water partition coefficient (Wildman–Crippen LogP) is 3.56. The molecular weight excluding hydrogens is 401 g/mol. The Morgan fingerprint density at radius 1 is 1.21 bits per heavy atom. The molecule has 2 aromatic rings. The summed E-state index contributed by atoms with van der Waals surface area (Å²) in [5.41, 5.74) is -0.0202. The Morgan fingerprint density at radius 3 is 2.59 bits per heavy atom. The Labute approximate surface area is 172 Å². The number of Topliss-reactive ketones (excluding diaryl/α,β-unsaturated/α-hetero) is 1. The van der Waals surface area contributed by atoms with E-state index in [1.54, 1.807) is 12.1 Å². The lowest BCUT2D eigenvalue weighted by atomic mass is 9.94. The number of halogens is 2. The van der Waals surface area contributed by atoms with Gasteiger partial charge in [0.1, 0.15) is 17.3 Å². The molecule has 0 aromatic heterocycles. The number of rotatable bonds is 6. The standard InChI is InChI=1S/C21H19ClFNO5/c1-28-10-9-24-18(13-5-3-4-6-15(13)23)17(20(26)21(24)27)19(25)14-11-12(22)7-8-16(14)29-2/h3-8,11,18,25H,9-10H2,1-2H3/b19-17+. The second-order valence-corrected chi connectivity index (χ2v) is 6.79. The summed E-state index contributed by atoms with van der Waals surface area (Å²) in [7, 11) is 2.84. The van der Waals surface area contributed by atoms with Crippen molar-refractivity contribution in [2.75, 3.05) is 27.4 Å². The molecule has 0 bridgehead atoms. The van der Waals surface area contributed by atoms with E-state index in [0.717, 1.165) is 0 Å². The van der Waals surface area contributed by atoms with Crippen molar-refractivity contribution in [1.82, 2.24) is 4.90 Å². The van der Waals surface area contributed by atoms with Gasteiger partial charge >= 0.3 is 0 Å². The molecule has 1 aliphatic rings. The Hall–Kier alpha value is -2.90. The number of carbonyl (C=O) groups is 2. The van der Waals surface area contributed by atoms with E-state index in [0.29, 0.717) is 5.02 Å². The van der Waals surface area contributed by atoms with Crippen LogP contribution < -0.4 is 4.74 Å². The van der Waals surface area contributed by atoms with Crippen LogP contribution in [0.4, 0.5) is 4.39 Å². The first-order chi connectivity index (χ1) is 13.9. The number of aliphatic hydroxyl groups excluding tert-OH is 1. The lowest BCUT2D eigenvalue weighted by molar-refractivity contribution is -0.140. The van der Waals surface area contributed by atoms with Gasteiger partial charge in [-0.3, -0.25) is 9.59 Å². The number of ketones is 1. The summed E-state index contributed by atoms with van der Waals surface area (Å²) in [5.74, 6) is -2.62. The van der Waals surface area contributed by atoms with Gasteiger partial charge in [-0.15, -0.1) is 0 Å². The predicted molar refractivity (Wildman–Crippen MR) is 105 cm³/mol. The fourth-order valence-electron chi connectivity index (χ4n) is 3.33. The van der Waals surface area contributed by atoms with Crippen LogP contribution in [0.3, 0.4) is 0 Å². The molecule has 1 N–H and O–H groups in total. The summed E-state index contributed by atoms with van der Waals surface area (Å²) in [6.45, 7) is 0.183. The molecule has 8 heteroatoms. The van der Waals surface area contributed by atoms with Crippen molar-refractivity contribution in [2.24, 2.45) is 0 Å². The highest BCUT2D eigenvalue weighted by Crippen LogP contribution is 2.41. The van der Waals surface area contributed by atoms with Gasteiger partial charge in [0.15, 0.2) is 0 Å². The quantitative estimate of drug-likeness (QED) is 0.440. The van der Waals surface area contributed by atoms with Crippen LogP contribution in [0.5, 0.6) is 5.75 Å². The molecule has 0 saturated carbocycles. The van der Waals surface area contributed by atoms with E-state index in [1.165, 1.54) is 49.5 Å². The van der Waals surface area contributed by atoms with Gasteiger partial charge in [0.05, 0.1) is 30.9 Å². The first-order valence-corrected chi connectivity index (χ1v) is 9.14. The SMILES string of the molecule is COCCN1C(=O)C(=O)/C(=C(/O)c2cc(Cl)ccc2OC)C1c1ccccc1F. The van der Waals surface area contributed by atoms with Crippen LogP contribution in [0, 0.1) is 5.82 Å². The molecule has 3 rings (SSSR count). The van der Waals surface area contributed by atoms with E-state index in [4.69, 9.17) is 21.1 Å². The maximum atomic E-state index is 14.6. The largest absolute Gasteiger partial charge is 0.507 e. The number of nitrogens with zero attached hydrogens (tertiary/aromatic N) is 1. The molecule has 1 saturated heterocycles. The number of hydrogen-bond donors (Lipinski definition) is 1. The molecule has 29 heavy (non-hydrogen) atoms. The summed E-state index contributed by atoms with van der Waals surface area (Å²) < 4.78 is 24.9. The van der Waals surface area contributed by atoms with Gasteiger partial charge in [-0.2, -0.15) is 0 Å². The molecule has 1 aliphatic heterocycles. The Bertz CT molecular complexity index is 991. The normalized spacial score (nSPS) is 18.3. The van der Waals surface area contributed by atoms with Crippen molar-refractivity contribution in [3.8, 4) is 5.75 Å². The number of methoxy groups -OCH3 is 2. The summed E-state index contributed by atoms with van der Waals surface area (Å²) in [6.07, 6.45) is 0. The molecule has 1 amide bonds. The Morgan fingerprint density at radius 2 is 1.93 bits per heavy atom. The second-order valence-electron chi connectivity index (χ2n) is 6.35.